The minimum atomic E-state index is -0.666. The minimum Gasteiger partial charge on any atom is -0.463 e. The Morgan fingerprint density at radius 3 is 2.46 bits per heavy atom. The molecule has 0 aromatic carbocycles. The summed E-state index contributed by atoms with van der Waals surface area (Å²) in [7, 11) is 0. The minimum absolute atomic E-state index is 0.0531. The Kier molecular flexibility index (Phi) is 5.47. The Morgan fingerprint density at radius 1 is 1.29 bits per heavy atom. The number of hydrogen-bond acceptors (Lipinski definition) is 8. The van der Waals surface area contributed by atoms with Crippen molar-refractivity contribution in [2.75, 3.05) is 12.3 Å². The maximum absolute atomic E-state index is 12.3. The number of nitrogens with zero attached hydrogens (tertiary/aromatic N) is 2. The van der Waals surface area contributed by atoms with Gasteiger partial charge in [0.1, 0.15) is 30.9 Å². The van der Waals surface area contributed by atoms with Crippen molar-refractivity contribution in [3.05, 3.63) is 22.7 Å². The molecule has 3 rings (SSSR count). The first-order valence-electron chi connectivity index (χ1n) is 9.53. The average molecular weight is 393 g/mol. The summed E-state index contributed by atoms with van der Waals surface area (Å²) in [4.78, 5) is 40.3. The SMILES string of the molecule is CC(C)C(=O)OC[C@H]1O[C@H](n2ccc(N)nc2=O)C2(CC2)[C@@H]1OC(=O)C(C)C. The van der Waals surface area contributed by atoms with Gasteiger partial charge in [-0.05, 0) is 18.9 Å². The molecular formula is C19H27N3O6. The van der Waals surface area contributed by atoms with E-state index in [1.807, 2.05) is 0 Å². The molecular weight excluding hydrogens is 366 g/mol. The molecule has 0 amide bonds. The van der Waals surface area contributed by atoms with Gasteiger partial charge in [0.25, 0.3) is 0 Å². The summed E-state index contributed by atoms with van der Waals surface area (Å²) in [5, 5.41) is 0. The second-order valence-corrected chi connectivity index (χ2v) is 8.10. The van der Waals surface area contributed by atoms with Gasteiger partial charge in [-0.15, -0.1) is 0 Å². The molecule has 1 aromatic heterocycles. The first kappa shape index (κ1) is 20.3. The summed E-state index contributed by atoms with van der Waals surface area (Å²) < 4.78 is 18.6. The van der Waals surface area contributed by atoms with E-state index in [-0.39, 0.29) is 36.2 Å². The highest BCUT2D eigenvalue weighted by Crippen LogP contribution is 2.63. The van der Waals surface area contributed by atoms with E-state index in [0.29, 0.717) is 0 Å². The average Bonchev–Trinajstić information content (AvgIpc) is 3.36. The molecule has 3 atom stereocenters. The van der Waals surface area contributed by atoms with E-state index in [2.05, 4.69) is 4.98 Å². The Morgan fingerprint density at radius 2 is 1.93 bits per heavy atom. The maximum atomic E-state index is 12.3. The van der Waals surface area contributed by atoms with E-state index in [9.17, 15) is 14.4 Å². The number of esters is 2. The van der Waals surface area contributed by atoms with Crippen molar-refractivity contribution in [3.63, 3.8) is 0 Å². The van der Waals surface area contributed by atoms with E-state index in [1.165, 1.54) is 16.8 Å². The smallest absolute Gasteiger partial charge is 0.351 e. The van der Waals surface area contributed by atoms with Crippen molar-refractivity contribution < 1.29 is 23.8 Å². The van der Waals surface area contributed by atoms with Gasteiger partial charge in [0.2, 0.25) is 0 Å². The van der Waals surface area contributed by atoms with Gasteiger partial charge in [-0.1, -0.05) is 27.7 Å². The van der Waals surface area contributed by atoms with Gasteiger partial charge in [0, 0.05) is 6.20 Å². The number of ether oxygens (including phenoxy) is 3. The van der Waals surface area contributed by atoms with Crippen molar-refractivity contribution in [2.45, 2.75) is 59.0 Å². The number of nitrogens with two attached hydrogens (primary N) is 1. The lowest BCUT2D eigenvalue weighted by Crippen LogP contribution is -2.38. The number of carbonyl (C=O) groups excluding carboxylic acids is 2. The molecule has 0 bridgehead atoms. The molecule has 9 heteroatoms. The Labute approximate surface area is 163 Å². The molecule has 1 aromatic rings. The van der Waals surface area contributed by atoms with Crippen LogP contribution in [0.2, 0.25) is 0 Å². The summed E-state index contributed by atoms with van der Waals surface area (Å²) in [6.07, 6.45) is 1.03. The van der Waals surface area contributed by atoms with Crippen LogP contribution in [0.1, 0.15) is 46.8 Å². The number of carbonyl (C=O) groups is 2. The molecule has 1 saturated carbocycles. The second-order valence-electron chi connectivity index (χ2n) is 8.10. The fraction of sp³-hybridized carbons (Fsp3) is 0.684. The third-order valence-electron chi connectivity index (χ3n) is 5.21. The summed E-state index contributed by atoms with van der Waals surface area (Å²) >= 11 is 0. The van der Waals surface area contributed by atoms with Crippen LogP contribution in [0.25, 0.3) is 0 Å². The van der Waals surface area contributed by atoms with Crippen LogP contribution in [0.15, 0.2) is 17.1 Å². The largest absolute Gasteiger partial charge is 0.463 e. The van der Waals surface area contributed by atoms with Crippen molar-refractivity contribution in [2.24, 2.45) is 17.3 Å². The molecule has 9 nitrogen and oxygen atoms in total. The molecule has 1 aliphatic carbocycles. The zero-order valence-electron chi connectivity index (χ0n) is 16.6. The second kappa shape index (κ2) is 7.54. The Bertz CT molecular complexity index is 814. The summed E-state index contributed by atoms with van der Waals surface area (Å²) in [6, 6.07) is 1.52. The first-order valence-corrected chi connectivity index (χ1v) is 9.53. The van der Waals surface area contributed by atoms with Crippen LogP contribution in [0, 0.1) is 17.3 Å². The van der Waals surface area contributed by atoms with Crippen molar-refractivity contribution in [3.8, 4) is 0 Å². The van der Waals surface area contributed by atoms with E-state index in [1.54, 1.807) is 27.7 Å². The van der Waals surface area contributed by atoms with Crippen LogP contribution in [0.4, 0.5) is 5.82 Å². The van der Waals surface area contributed by atoms with Crippen LogP contribution < -0.4 is 11.4 Å². The quantitative estimate of drug-likeness (QED) is 0.717. The van der Waals surface area contributed by atoms with Crippen LogP contribution in [-0.2, 0) is 23.8 Å². The molecule has 2 fully saturated rings. The molecule has 2 aliphatic rings. The van der Waals surface area contributed by atoms with E-state index in [4.69, 9.17) is 19.9 Å². The van der Waals surface area contributed by atoms with Gasteiger partial charge in [-0.2, -0.15) is 4.98 Å². The number of rotatable bonds is 6. The zero-order chi connectivity index (χ0) is 20.6. The third kappa shape index (κ3) is 3.76. The number of hydrogen-bond donors (Lipinski definition) is 1. The van der Waals surface area contributed by atoms with Crippen LogP contribution in [0.3, 0.4) is 0 Å². The van der Waals surface area contributed by atoms with Gasteiger partial charge in [-0.3, -0.25) is 14.2 Å². The molecule has 154 valence electrons. The fourth-order valence-electron chi connectivity index (χ4n) is 3.42. The number of nitrogen functional groups attached to an aromatic ring is 1. The topological polar surface area (TPSA) is 123 Å². The Balaban J connectivity index is 1.88. The van der Waals surface area contributed by atoms with Gasteiger partial charge < -0.3 is 19.9 Å². The standard InChI is InChI=1S/C19H27N3O6/c1-10(2)15(23)26-9-12-14(28-16(24)11(3)4)19(6-7-19)17(27-12)22-8-5-13(20)21-18(22)25/h5,8,10-12,14,17H,6-7,9H2,1-4H3,(H2,20,21,25)/t12-,14-,17+/m1/s1. The lowest BCUT2D eigenvalue weighted by atomic mass is 9.96. The van der Waals surface area contributed by atoms with Crippen LogP contribution >= 0.6 is 0 Å². The maximum Gasteiger partial charge on any atom is 0.351 e. The predicted molar refractivity (Wildman–Crippen MR) is 99.0 cm³/mol. The van der Waals surface area contributed by atoms with E-state index < -0.39 is 29.5 Å². The highest BCUT2D eigenvalue weighted by molar-refractivity contribution is 5.72. The molecule has 1 aliphatic heterocycles. The predicted octanol–water partition coefficient (Wildman–Crippen LogP) is 1.27. The molecule has 1 saturated heterocycles. The van der Waals surface area contributed by atoms with Gasteiger partial charge >= 0.3 is 17.6 Å². The normalized spacial score (nSPS) is 25.3. The van der Waals surface area contributed by atoms with E-state index in [0.717, 1.165) is 12.8 Å². The molecule has 1 spiro atoms. The van der Waals surface area contributed by atoms with Crippen LogP contribution in [-0.4, -0.2) is 40.3 Å². The zero-order valence-corrected chi connectivity index (χ0v) is 16.6. The fourth-order valence-corrected chi connectivity index (χ4v) is 3.42. The van der Waals surface area contributed by atoms with Crippen molar-refractivity contribution in [1.82, 2.24) is 9.55 Å². The lowest BCUT2D eigenvalue weighted by molar-refractivity contribution is -0.163. The highest BCUT2D eigenvalue weighted by Gasteiger charge is 2.66. The molecule has 0 radical (unpaired) electrons. The number of anilines is 1. The molecule has 0 unspecified atom stereocenters. The third-order valence-corrected chi connectivity index (χ3v) is 5.21. The van der Waals surface area contributed by atoms with Gasteiger partial charge in [-0.25, -0.2) is 4.79 Å². The highest BCUT2D eigenvalue weighted by atomic mass is 16.6. The summed E-state index contributed by atoms with van der Waals surface area (Å²) in [5.74, 6) is -1.20. The monoisotopic (exact) mass is 393 g/mol. The van der Waals surface area contributed by atoms with Gasteiger partial charge in [0.15, 0.2) is 0 Å². The van der Waals surface area contributed by atoms with Crippen molar-refractivity contribution >= 4 is 17.8 Å². The lowest BCUT2D eigenvalue weighted by Gasteiger charge is -2.25. The summed E-state index contributed by atoms with van der Waals surface area (Å²) in [6.45, 7) is 6.91. The Hall–Kier alpha value is -2.42. The number of aromatic nitrogens is 2. The first-order chi connectivity index (χ1) is 13.2. The van der Waals surface area contributed by atoms with Crippen molar-refractivity contribution in [1.29, 1.82) is 0 Å². The van der Waals surface area contributed by atoms with Gasteiger partial charge in [0.05, 0.1) is 17.3 Å². The van der Waals surface area contributed by atoms with E-state index >= 15 is 0 Å². The van der Waals surface area contributed by atoms with Crippen LogP contribution in [0.5, 0.6) is 0 Å². The summed E-state index contributed by atoms with van der Waals surface area (Å²) in [5.41, 5.74) is 4.50. The molecule has 28 heavy (non-hydrogen) atoms. The molecule has 2 heterocycles. The molecule has 2 N–H and O–H groups in total.